The van der Waals surface area contributed by atoms with Crippen molar-refractivity contribution in [1.29, 1.82) is 0 Å². The number of esters is 1. The third-order valence-electron chi connectivity index (χ3n) is 4.60. The number of carbonyl (C=O) groups is 1. The first kappa shape index (κ1) is 19.5. The van der Waals surface area contributed by atoms with Crippen molar-refractivity contribution in [2.24, 2.45) is 5.92 Å². The summed E-state index contributed by atoms with van der Waals surface area (Å²) >= 11 is 6.12. The molecular weight excluding hydrogens is 396 g/mol. The number of carbonyl (C=O) groups excluding carboxylic acids is 1. The van der Waals surface area contributed by atoms with Crippen LogP contribution in [0.25, 0.3) is 11.0 Å². The van der Waals surface area contributed by atoms with Crippen LogP contribution in [-0.4, -0.2) is 51.0 Å². The summed E-state index contributed by atoms with van der Waals surface area (Å²) in [4.78, 5) is 25.1. The molecule has 29 heavy (non-hydrogen) atoms. The minimum Gasteiger partial charge on any atom is -0.464 e. The average molecular weight is 417 g/mol. The van der Waals surface area contributed by atoms with Crippen molar-refractivity contribution in [1.82, 2.24) is 24.7 Å². The molecule has 0 spiro atoms. The fourth-order valence-corrected chi connectivity index (χ4v) is 3.12. The second-order valence-corrected chi connectivity index (χ2v) is 7.30. The minimum absolute atomic E-state index is 0.0117. The normalized spacial score (nSPS) is 13.6. The van der Waals surface area contributed by atoms with Crippen molar-refractivity contribution in [2.45, 2.75) is 26.3 Å². The summed E-state index contributed by atoms with van der Waals surface area (Å²) in [6, 6.07) is 3.77. The Balaban J connectivity index is 1.72. The van der Waals surface area contributed by atoms with E-state index in [1.165, 1.54) is 20.0 Å². The molecule has 0 atom stereocenters. The molecule has 0 saturated heterocycles. The zero-order valence-electron chi connectivity index (χ0n) is 16.2. The topological polar surface area (TPSA) is 104 Å². The monoisotopic (exact) mass is 416 g/mol. The van der Waals surface area contributed by atoms with Crippen molar-refractivity contribution in [2.75, 3.05) is 25.6 Å². The van der Waals surface area contributed by atoms with E-state index in [0.29, 0.717) is 41.7 Å². The Morgan fingerprint density at radius 3 is 2.93 bits per heavy atom. The summed E-state index contributed by atoms with van der Waals surface area (Å²) in [5.74, 6) is 1.07. The highest BCUT2D eigenvalue weighted by molar-refractivity contribution is 6.29. The van der Waals surface area contributed by atoms with Gasteiger partial charge < -0.3 is 14.8 Å². The predicted molar refractivity (Wildman–Crippen MR) is 107 cm³/mol. The molecule has 0 radical (unpaired) electrons. The van der Waals surface area contributed by atoms with Crippen molar-refractivity contribution >= 4 is 40.2 Å². The van der Waals surface area contributed by atoms with Gasteiger partial charge in [0.2, 0.25) is 5.28 Å². The van der Waals surface area contributed by atoms with Crippen molar-refractivity contribution in [3.63, 3.8) is 0 Å². The van der Waals surface area contributed by atoms with Gasteiger partial charge in [-0.25, -0.2) is 14.8 Å². The quantitative estimate of drug-likeness (QED) is 0.339. The first-order valence-electron chi connectivity index (χ1n) is 9.35. The smallest absolute Gasteiger partial charge is 0.360 e. The van der Waals surface area contributed by atoms with Gasteiger partial charge in [-0.15, -0.1) is 0 Å². The van der Waals surface area contributed by atoms with Crippen LogP contribution in [0.4, 0.5) is 11.6 Å². The maximum atomic E-state index is 12.2. The second-order valence-electron chi connectivity index (χ2n) is 6.96. The number of hydrogen-bond donors (Lipinski definition) is 1. The van der Waals surface area contributed by atoms with Gasteiger partial charge in [0, 0.05) is 12.8 Å². The average Bonchev–Trinajstić information content (AvgIpc) is 3.45. The fraction of sp³-hybridized carbons (Fsp3) is 0.421. The predicted octanol–water partition coefficient (Wildman–Crippen LogP) is 3.14. The van der Waals surface area contributed by atoms with Gasteiger partial charge in [-0.1, -0.05) is 0 Å². The van der Waals surface area contributed by atoms with Crippen molar-refractivity contribution in [3.05, 3.63) is 34.9 Å². The van der Waals surface area contributed by atoms with Crippen LogP contribution in [0.3, 0.4) is 0 Å². The van der Waals surface area contributed by atoms with Crippen molar-refractivity contribution in [3.8, 4) is 0 Å². The molecule has 1 saturated carbocycles. The number of hydrogen-bond acceptors (Lipinski definition) is 8. The molecule has 152 valence electrons. The standard InChI is InChI=1S/C19H21ClN6O3/c1-11-5-6-21-13(9-11)22-17-16-14(23-19(20)24-17)15(18(27)28-2)25-26(16)7-8-29-10-12-3-4-12/h5-6,9,12H,3-4,7-8,10H2,1-2H3,(H,21,22,23,24). The number of aryl methyl sites for hydroxylation is 1. The molecule has 3 heterocycles. The largest absolute Gasteiger partial charge is 0.464 e. The van der Waals surface area contributed by atoms with Gasteiger partial charge >= 0.3 is 5.97 Å². The summed E-state index contributed by atoms with van der Waals surface area (Å²) in [5, 5.41) is 7.54. The summed E-state index contributed by atoms with van der Waals surface area (Å²) in [6.45, 7) is 3.59. The molecule has 0 bridgehead atoms. The van der Waals surface area contributed by atoms with E-state index in [0.717, 1.165) is 12.2 Å². The SMILES string of the molecule is COC(=O)c1nn(CCOCC2CC2)c2c(Nc3cc(C)ccn3)nc(Cl)nc12. The second kappa shape index (κ2) is 8.30. The van der Waals surface area contributed by atoms with Crippen LogP contribution in [0.1, 0.15) is 28.9 Å². The van der Waals surface area contributed by atoms with Gasteiger partial charge in [0.25, 0.3) is 0 Å². The molecule has 1 aliphatic rings. The number of nitrogens with zero attached hydrogens (tertiary/aromatic N) is 5. The molecule has 3 aromatic heterocycles. The number of aromatic nitrogens is 5. The first-order chi connectivity index (χ1) is 14.0. The van der Waals surface area contributed by atoms with Gasteiger partial charge in [-0.3, -0.25) is 4.68 Å². The summed E-state index contributed by atoms with van der Waals surface area (Å²) in [5.41, 5.74) is 1.97. The van der Waals surface area contributed by atoms with Gasteiger partial charge in [0.1, 0.15) is 16.9 Å². The van der Waals surface area contributed by atoms with Crippen LogP contribution in [0.2, 0.25) is 5.28 Å². The van der Waals surface area contributed by atoms with E-state index >= 15 is 0 Å². The minimum atomic E-state index is -0.595. The maximum absolute atomic E-state index is 12.2. The molecule has 10 heteroatoms. The Labute approximate surface area is 172 Å². The molecule has 0 aliphatic heterocycles. The number of ether oxygens (including phenoxy) is 2. The Hall–Kier alpha value is -2.78. The van der Waals surface area contributed by atoms with E-state index in [4.69, 9.17) is 21.1 Å². The van der Waals surface area contributed by atoms with E-state index in [1.54, 1.807) is 10.9 Å². The van der Waals surface area contributed by atoms with E-state index < -0.39 is 5.97 Å². The van der Waals surface area contributed by atoms with Gasteiger partial charge in [0.05, 0.1) is 20.3 Å². The van der Waals surface area contributed by atoms with Crippen LogP contribution in [0.5, 0.6) is 0 Å². The molecule has 1 fully saturated rings. The highest BCUT2D eigenvalue weighted by Gasteiger charge is 2.24. The number of fused-ring (bicyclic) bond motifs is 1. The van der Waals surface area contributed by atoms with Gasteiger partial charge in [-0.05, 0) is 55.0 Å². The van der Waals surface area contributed by atoms with E-state index in [2.05, 4.69) is 25.4 Å². The molecule has 4 rings (SSSR count). The molecule has 0 unspecified atom stereocenters. The Morgan fingerprint density at radius 2 is 2.21 bits per heavy atom. The zero-order chi connectivity index (χ0) is 20.4. The van der Waals surface area contributed by atoms with E-state index in [9.17, 15) is 4.79 Å². The lowest BCUT2D eigenvalue weighted by Crippen LogP contribution is -2.11. The Morgan fingerprint density at radius 1 is 1.38 bits per heavy atom. The molecule has 9 nitrogen and oxygen atoms in total. The Kier molecular flexibility index (Phi) is 5.59. The lowest BCUT2D eigenvalue weighted by molar-refractivity contribution is 0.0593. The molecule has 1 N–H and O–H groups in total. The van der Waals surface area contributed by atoms with Gasteiger partial charge in [-0.2, -0.15) is 10.1 Å². The lowest BCUT2D eigenvalue weighted by atomic mass is 10.3. The van der Waals surface area contributed by atoms with E-state index in [1.807, 2.05) is 19.1 Å². The van der Waals surface area contributed by atoms with Gasteiger partial charge in [0.15, 0.2) is 11.5 Å². The van der Waals surface area contributed by atoms with Crippen LogP contribution in [-0.2, 0) is 16.0 Å². The third kappa shape index (κ3) is 4.46. The highest BCUT2D eigenvalue weighted by Crippen LogP contribution is 2.29. The number of halogens is 1. The van der Waals surface area contributed by atoms with Crippen LogP contribution in [0, 0.1) is 12.8 Å². The van der Waals surface area contributed by atoms with Crippen LogP contribution < -0.4 is 5.32 Å². The number of anilines is 2. The molecule has 1 aliphatic carbocycles. The van der Waals surface area contributed by atoms with E-state index in [-0.39, 0.29) is 11.0 Å². The first-order valence-corrected chi connectivity index (χ1v) is 9.72. The number of nitrogens with one attached hydrogen (secondary N) is 1. The molecular formula is C19H21ClN6O3. The lowest BCUT2D eigenvalue weighted by Gasteiger charge is -2.10. The molecule has 0 amide bonds. The third-order valence-corrected chi connectivity index (χ3v) is 4.77. The van der Waals surface area contributed by atoms with Crippen LogP contribution in [0.15, 0.2) is 18.3 Å². The Bertz CT molecular complexity index is 1050. The molecule has 0 aromatic carbocycles. The summed E-state index contributed by atoms with van der Waals surface area (Å²) in [6.07, 6.45) is 4.14. The summed E-state index contributed by atoms with van der Waals surface area (Å²) in [7, 11) is 1.30. The fourth-order valence-electron chi connectivity index (χ4n) is 2.95. The highest BCUT2D eigenvalue weighted by atomic mass is 35.5. The maximum Gasteiger partial charge on any atom is 0.360 e. The number of methoxy groups -OCH3 is 1. The van der Waals surface area contributed by atoms with Crippen LogP contribution >= 0.6 is 11.6 Å². The molecule has 3 aromatic rings. The van der Waals surface area contributed by atoms with Crippen molar-refractivity contribution < 1.29 is 14.3 Å². The zero-order valence-corrected chi connectivity index (χ0v) is 16.9. The summed E-state index contributed by atoms with van der Waals surface area (Å²) < 4.78 is 12.2. The number of rotatable bonds is 8. The number of pyridine rings is 1.